The van der Waals surface area contributed by atoms with Gasteiger partial charge in [-0.15, -0.1) is 0 Å². The number of nitrogens with zero attached hydrogens (tertiary/aromatic N) is 3. The zero-order valence-corrected chi connectivity index (χ0v) is 13.2. The molecule has 1 N–H and O–H groups in total. The Balaban J connectivity index is 1.97. The summed E-state index contributed by atoms with van der Waals surface area (Å²) in [6.45, 7) is 3.79. The highest BCUT2D eigenvalue weighted by Crippen LogP contribution is 2.29. The molecule has 0 fully saturated rings. The molecule has 0 radical (unpaired) electrons. The van der Waals surface area contributed by atoms with E-state index in [-0.39, 0.29) is 0 Å². The molecular weight excluding hydrogens is 304 g/mol. The third-order valence-electron chi connectivity index (χ3n) is 3.04. The third-order valence-corrected chi connectivity index (χ3v) is 4.23. The molecule has 6 heteroatoms. The summed E-state index contributed by atoms with van der Waals surface area (Å²) in [5.74, 6) is 0. The van der Waals surface area contributed by atoms with Gasteiger partial charge in [-0.2, -0.15) is 0 Å². The Bertz CT molecular complexity index is 739. The van der Waals surface area contributed by atoms with E-state index in [9.17, 15) is 0 Å². The van der Waals surface area contributed by atoms with Crippen molar-refractivity contribution in [3.05, 3.63) is 53.4 Å². The lowest BCUT2D eigenvalue weighted by atomic mass is 10.4. The van der Waals surface area contributed by atoms with Gasteiger partial charge in [0.25, 0.3) is 0 Å². The summed E-state index contributed by atoms with van der Waals surface area (Å²) in [6.07, 6.45) is 3.69. The molecule has 0 atom stereocenters. The second kappa shape index (κ2) is 6.47. The lowest BCUT2D eigenvalue weighted by Gasteiger charge is -2.05. The molecule has 0 amide bonds. The molecule has 0 saturated heterocycles. The standard InChI is InChI=1S/C15H15ClN4S/c1-2-17-10-12-15(19-13-5-3-4-8-20(12)13)21-14-7-6-11(16)9-18-14/h3-9,17H,2,10H2,1H3. The van der Waals surface area contributed by atoms with Crippen LogP contribution in [0.25, 0.3) is 5.65 Å². The lowest BCUT2D eigenvalue weighted by molar-refractivity contribution is 0.694. The molecule has 3 aromatic heterocycles. The van der Waals surface area contributed by atoms with Crippen LogP contribution in [0.2, 0.25) is 5.02 Å². The van der Waals surface area contributed by atoms with Crippen molar-refractivity contribution in [2.45, 2.75) is 23.5 Å². The molecule has 4 nitrogen and oxygen atoms in total. The zero-order valence-electron chi connectivity index (χ0n) is 11.6. The smallest absolute Gasteiger partial charge is 0.138 e. The Labute approximate surface area is 132 Å². The molecule has 0 saturated carbocycles. The van der Waals surface area contributed by atoms with Crippen LogP contribution in [0.5, 0.6) is 0 Å². The summed E-state index contributed by atoms with van der Waals surface area (Å²) >= 11 is 7.43. The lowest BCUT2D eigenvalue weighted by Crippen LogP contribution is -2.14. The number of hydrogen-bond donors (Lipinski definition) is 1. The maximum Gasteiger partial charge on any atom is 0.138 e. The Morgan fingerprint density at radius 3 is 2.95 bits per heavy atom. The van der Waals surface area contributed by atoms with Gasteiger partial charge in [0.05, 0.1) is 10.7 Å². The summed E-state index contributed by atoms with van der Waals surface area (Å²) in [4.78, 5) is 9.02. The number of pyridine rings is 2. The Morgan fingerprint density at radius 2 is 2.19 bits per heavy atom. The first-order valence-electron chi connectivity index (χ1n) is 6.74. The van der Waals surface area contributed by atoms with Crippen molar-refractivity contribution in [3.63, 3.8) is 0 Å². The number of fused-ring (bicyclic) bond motifs is 1. The van der Waals surface area contributed by atoms with E-state index in [2.05, 4.69) is 21.6 Å². The van der Waals surface area contributed by atoms with E-state index >= 15 is 0 Å². The van der Waals surface area contributed by atoms with Gasteiger partial charge in [0.1, 0.15) is 15.7 Å². The van der Waals surface area contributed by atoms with E-state index in [1.807, 2.05) is 36.5 Å². The summed E-state index contributed by atoms with van der Waals surface area (Å²) in [6, 6.07) is 9.77. The first kappa shape index (κ1) is 14.4. The second-order valence-electron chi connectivity index (χ2n) is 4.49. The number of hydrogen-bond acceptors (Lipinski definition) is 4. The summed E-state index contributed by atoms with van der Waals surface area (Å²) in [7, 11) is 0. The first-order valence-corrected chi connectivity index (χ1v) is 7.93. The number of rotatable bonds is 5. The van der Waals surface area contributed by atoms with E-state index in [4.69, 9.17) is 16.6 Å². The minimum absolute atomic E-state index is 0.641. The van der Waals surface area contributed by atoms with Crippen LogP contribution in [-0.4, -0.2) is 20.9 Å². The first-order chi connectivity index (χ1) is 10.3. The quantitative estimate of drug-likeness (QED) is 0.780. The molecular formula is C15H15ClN4S. The Kier molecular flexibility index (Phi) is 4.43. The summed E-state index contributed by atoms with van der Waals surface area (Å²) in [5.41, 5.74) is 2.09. The highest BCUT2D eigenvalue weighted by molar-refractivity contribution is 7.99. The van der Waals surface area contributed by atoms with Gasteiger partial charge in [-0.3, -0.25) is 0 Å². The zero-order chi connectivity index (χ0) is 14.7. The molecule has 0 aliphatic heterocycles. The molecule has 21 heavy (non-hydrogen) atoms. The van der Waals surface area contributed by atoms with Crippen LogP contribution in [0, 0.1) is 0 Å². The normalized spacial score (nSPS) is 11.1. The molecule has 0 spiro atoms. The fourth-order valence-corrected chi connectivity index (χ4v) is 3.01. The van der Waals surface area contributed by atoms with Crippen LogP contribution in [0.4, 0.5) is 0 Å². The molecule has 0 aromatic carbocycles. The summed E-state index contributed by atoms with van der Waals surface area (Å²) in [5, 5.41) is 5.86. The van der Waals surface area contributed by atoms with E-state index in [1.54, 1.807) is 18.0 Å². The number of nitrogens with one attached hydrogen (secondary N) is 1. The fourth-order valence-electron chi connectivity index (χ4n) is 2.03. The van der Waals surface area contributed by atoms with Crippen LogP contribution < -0.4 is 5.32 Å². The predicted molar refractivity (Wildman–Crippen MR) is 85.9 cm³/mol. The van der Waals surface area contributed by atoms with Crippen molar-refractivity contribution in [3.8, 4) is 0 Å². The van der Waals surface area contributed by atoms with Gasteiger partial charge in [0.15, 0.2) is 0 Å². The van der Waals surface area contributed by atoms with Crippen LogP contribution in [0.3, 0.4) is 0 Å². The molecule has 0 aliphatic rings. The molecule has 3 heterocycles. The highest BCUT2D eigenvalue weighted by Gasteiger charge is 2.13. The fraction of sp³-hybridized carbons (Fsp3) is 0.200. The third kappa shape index (κ3) is 3.20. The second-order valence-corrected chi connectivity index (χ2v) is 5.94. The maximum absolute atomic E-state index is 5.88. The SMILES string of the molecule is CCNCc1c(Sc2ccc(Cl)cn2)nc2ccccn12. The topological polar surface area (TPSA) is 42.2 Å². The average Bonchev–Trinajstić information content (AvgIpc) is 2.85. The average molecular weight is 319 g/mol. The largest absolute Gasteiger partial charge is 0.311 e. The van der Waals surface area contributed by atoms with Crippen molar-refractivity contribution in [1.29, 1.82) is 0 Å². The van der Waals surface area contributed by atoms with Crippen molar-refractivity contribution in [1.82, 2.24) is 19.7 Å². The molecule has 0 aliphatic carbocycles. The van der Waals surface area contributed by atoms with Crippen molar-refractivity contribution < 1.29 is 0 Å². The van der Waals surface area contributed by atoms with Gasteiger partial charge in [-0.25, -0.2) is 9.97 Å². The molecule has 0 unspecified atom stereocenters. The molecule has 0 bridgehead atoms. The van der Waals surface area contributed by atoms with Crippen LogP contribution >= 0.6 is 23.4 Å². The minimum atomic E-state index is 0.641. The molecule has 3 aromatic rings. The van der Waals surface area contributed by atoms with E-state index in [0.29, 0.717) is 5.02 Å². The predicted octanol–water partition coefficient (Wildman–Crippen LogP) is 3.64. The summed E-state index contributed by atoms with van der Waals surface area (Å²) < 4.78 is 2.11. The van der Waals surface area contributed by atoms with Crippen LogP contribution in [-0.2, 0) is 6.54 Å². The monoisotopic (exact) mass is 318 g/mol. The minimum Gasteiger partial charge on any atom is -0.311 e. The number of imidazole rings is 1. The Hall–Kier alpha value is -1.56. The van der Waals surface area contributed by atoms with Crippen LogP contribution in [0.1, 0.15) is 12.6 Å². The van der Waals surface area contributed by atoms with Crippen molar-refractivity contribution in [2.24, 2.45) is 0 Å². The van der Waals surface area contributed by atoms with E-state index in [1.165, 1.54) is 0 Å². The maximum atomic E-state index is 5.88. The van der Waals surface area contributed by atoms with Crippen molar-refractivity contribution >= 4 is 29.0 Å². The Morgan fingerprint density at radius 1 is 1.29 bits per heavy atom. The van der Waals surface area contributed by atoms with Gasteiger partial charge in [0, 0.05) is 18.9 Å². The van der Waals surface area contributed by atoms with Crippen LogP contribution in [0.15, 0.2) is 52.8 Å². The van der Waals surface area contributed by atoms with Gasteiger partial charge >= 0.3 is 0 Å². The molecule has 3 rings (SSSR count). The number of halogens is 1. The van der Waals surface area contributed by atoms with Gasteiger partial charge in [-0.1, -0.05) is 24.6 Å². The van der Waals surface area contributed by atoms with E-state index < -0.39 is 0 Å². The number of aromatic nitrogens is 3. The van der Waals surface area contributed by atoms with Gasteiger partial charge in [-0.05, 0) is 42.6 Å². The van der Waals surface area contributed by atoms with E-state index in [0.717, 1.165) is 34.5 Å². The highest BCUT2D eigenvalue weighted by atomic mass is 35.5. The van der Waals surface area contributed by atoms with Gasteiger partial charge in [0.2, 0.25) is 0 Å². The van der Waals surface area contributed by atoms with Crippen molar-refractivity contribution in [2.75, 3.05) is 6.54 Å². The molecule has 108 valence electrons. The van der Waals surface area contributed by atoms with Gasteiger partial charge < -0.3 is 9.72 Å².